The SMILES string of the molecule is CCCCCC[C@H]1C=CC(C(O)(CC)CC)O1. The second-order valence-electron chi connectivity index (χ2n) is 5.14. The molecule has 0 spiro atoms. The van der Waals surface area contributed by atoms with Gasteiger partial charge in [0.05, 0.1) is 11.7 Å². The van der Waals surface area contributed by atoms with E-state index in [1.165, 1.54) is 25.7 Å². The Hall–Kier alpha value is -0.340. The summed E-state index contributed by atoms with van der Waals surface area (Å²) in [5.41, 5.74) is -0.672. The van der Waals surface area contributed by atoms with E-state index in [1.807, 2.05) is 13.8 Å². The lowest BCUT2D eigenvalue weighted by molar-refractivity contribution is -0.0970. The van der Waals surface area contributed by atoms with Crippen LogP contribution in [0, 0.1) is 0 Å². The van der Waals surface area contributed by atoms with Crippen LogP contribution in [-0.4, -0.2) is 22.9 Å². The van der Waals surface area contributed by atoms with Gasteiger partial charge in [0.2, 0.25) is 0 Å². The van der Waals surface area contributed by atoms with Gasteiger partial charge >= 0.3 is 0 Å². The average Bonchev–Trinajstić information content (AvgIpc) is 2.83. The van der Waals surface area contributed by atoms with Crippen molar-refractivity contribution in [1.82, 2.24) is 0 Å². The molecule has 2 heteroatoms. The van der Waals surface area contributed by atoms with E-state index in [2.05, 4.69) is 19.1 Å². The van der Waals surface area contributed by atoms with Crippen LogP contribution in [0.1, 0.15) is 65.7 Å². The third-order valence-electron chi connectivity index (χ3n) is 3.92. The van der Waals surface area contributed by atoms with E-state index in [4.69, 9.17) is 4.74 Å². The molecule has 0 saturated heterocycles. The number of rotatable bonds is 8. The van der Waals surface area contributed by atoms with Gasteiger partial charge in [0.15, 0.2) is 0 Å². The quantitative estimate of drug-likeness (QED) is 0.516. The Kier molecular flexibility index (Phi) is 6.21. The van der Waals surface area contributed by atoms with Crippen LogP contribution < -0.4 is 0 Å². The van der Waals surface area contributed by atoms with Crippen LogP contribution in [-0.2, 0) is 4.74 Å². The molecule has 1 unspecified atom stereocenters. The summed E-state index contributed by atoms with van der Waals surface area (Å²) in [5, 5.41) is 10.4. The van der Waals surface area contributed by atoms with Crippen LogP contribution in [0.25, 0.3) is 0 Å². The molecule has 17 heavy (non-hydrogen) atoms. The first-order chi connectivity index (χ1) is 8.16. The van der Waals surface area contributed by atoms with E-state index in [9.17, 15) is 5.11 Å². The molecular formula is C15H28O2. The van der Waals surface area contributed by atoms with Gasteiger partial charge in [0.1, 0.15) is 6.10 Å². The maximum Gasteiger partial charge on any atom is 0.105 e. The monoisotopic (exact) mass is 240 g/mol. The predicted molar refractivity (Wildman–Crippen MR) is 72.1 cm³/mol. The second kappa shape index (κ2) is 7.17. The molecule has 0 aromatic rings. The highest BCUT2D eigenvalue weighted by Gasteiger charge is 2.36. The molecule has 2 atom stereocenters. The number of unbranched alkanes of at least 4 members (excludes halogenated alkanes) is 3. The summed E-state index contributed by atoms with van der Waals surface area (Å²) in [5.74, 6) is 0. The minimum atomic E-state index is -0.672. The van der Waals surface area contributed by atoms with Crippen molar-refractivity contribution in [3.05, 3.63) is 12.2 Å². The fourth-order valence-corrected chi connectivity index (χ4v) is 2.40. The zero-order valence-electron chi connectivity index (χ0n) is 11.6. The molecule has 100 valence electrons. The van der Waals surface area contributed by atoms with E-state index in [-0.39, 0.29) is 12.2 Å². The maximum absolute atomic E-state index is 10.4. The molecule has 0 bridgehead atoms. The number of hydrogen-bond acceptors (Lipinski definition) is 2. The van der Waals surface area contributed by atoms with Gasteiger partial charge in [-0.05, 0) is 19.3 Å². The Labute approximate surface area is 106 Å². The van der Waals surface area contributed by atoms with Gasteiger partial charge in [-0.1, -0.05) is 58.6 Å². The van der Waals surface area contributed by atoms with Crippen molar-refractivity contribution in [2.75, 3.05) is 0 Å². The fraction of sp³-hybridized carbons (Fsp3) is 0.867. The summed E-state index contributed by atoms with van der Waals surface area (Å²) in [4.78, 5) is 0. The fourth-order valence-electron chi connectivity index (χ4n) is 2.40. The Morgan fingerprint density at radius 3 is 2.35 bits per heavy atom. The van der Waals surface area contributed by atoms with Crippen molar-refractivity contribution < 1.29 is 9.84 Å². The molecule has 1 aliphatic heterocycles. The van der Waals surface area contributed by atoms with E-state index >= 15 is 0 Å². The summed E-state index contributed by atoms with van der Waals surface area (Å²) in [6.45, 7) is 6.27. The van der Waals surface area contributed by atoms with Crippen LogP contribution in [0.15, 0.2) is 12.2 Å². The lowest BCUT2D eigenvalue weighted by Crippen LogP contribution is -2.41. The third-order valence-corrected chi connectivity index (χ3v) is 3.92. The molecule has 2 nitrogen and oxygen atoms in total. The molecule has 0 saturated carbocycles. The summed E-state index contributed by atoms with van der Waals surface area (Å²) < 4.78 is 5.93. The Morgan fingerprint density at radius 2 is 1.76 bits per heavy atom. The number of aliphatic hydroxyl groups is 1. The van der Waals surface area contributed by atoms with Gasteiger partial charge in [-0.2, -0.15) is 0 Å². The lowest BCUT2D eigenvalue weighted by atomic mass is 9.91. The second-order valence-corrected chi connectivity index (χ2v) is 5.14. The van der Waals surface area contributed by atoms with Gasteiger partial charge in [0.25, 0.3) is 0 Å². The highest BCUT2D eigenvalue weighted by molar-refractivity contribution is 5.08. The van der Waals surface area contributed by atoms with Gasteiger partial charge in [-0.3, -0.25) is 0 Å². The van der Waals surface area contributed by atoms with E-state index in [0.717, 1.165) is 19.3 Å². The van der Waals surface area contributed by atoms with Crippen molar-refractivity contribution in [2.45, 2.75) is 83.5 Å². The van der Waals surface area contributed by atoms with E-state index in [1.54, 1.807) is 0 Å². The predicted octanol–water partition coefficient (Wildman–Crippen LogP) is 3.83. The molecule has 0 aliphatic carbocycles. The Bertz CT molecular complexity index is 231. The average molecular weight is 240 g/mol. The summed E-state index contributed by atoms with van der Waals surface area (Å²) in [7, 11) is 0. The number of ether oxygens (including phenoxy) is 1. The standard InChI is InChI=1S/C15H28O2/c1-4-7-8-9-10-13-11-12-14(17-13)15(16,5-2)6-3/h11-14,16H,4-10H2,1-3H3/t13-,14?/m0/s1. The van der Waals surface area contributed by atoms with Crippen molar-refractivity contribution in [1.29, 1.82) is 0 Å². The van der Waals surface area contributed by atoms with Crippen LogP contribution in [0.2, 0.25) is 0 Å². The first-order valence-corrected chi connectivity index (χ1v) is 7.22. The van der Waals surface area contributed by atoms with E-state index < -0.39 is 5.60 Å². The lowest BCUT2D eigenvalue weighted by Gasteiger charge is -2.31. The largest absolute Gasteiger partial charge is 0.387 e. The van der Waals surface area contributed by atoms with Crippen LogP contribution in [0.5, 0.6) is 0 Å². The van der Waals surface area contributed by atoms with Gasteiger partial charge < -0.3 is 9.84 Å². The van der Waals surface area contributed by atoms with Crippen molar-refractivity contribution in [3.63, 3.8) is 0 Å². The molecule has 0 fully saturated rings. The molecule has 1 N–H and O–H groups in total. The smallest absolute Gasteiger partial charge is 0.105 e. The third kappa shape index (κ3) is 4.11. The molecule has 0 radical (unpaired) electrons. The topological polar surface area (TPSA) is 29.5 Å². The Balaban J connectivity index is 2.30. The molecule has 0 aromatic carbocycles. The zero-order valence-corrected chi connectivity index (χ0v) is 11.6. The first-order valence-electron chi connectivity index (χ1n) is 7.22. The molecule has 1 heterocycles. The first kappa shape index (κ1) is 14.7. The van der Waals surface area contributed by atoms with Crippen molar-refractivity contribution in [2.24, 2.45) is 0 Å². The number of hydrogen-bond donors (Lipinski definition) is 1. The maximum atomic E-state index is 10.4. The minimum absolute atomic E-state index is 0.103. The molecule has 1 rings (SSSR count). The van der Waals surface area contributed by atoms with Gasteiger partial charge in [-0.25, -0.2) is 0 Å². The summed E-state index contributed by atoms with van der Waals surface area (Å²) in [6.07, 6.45) is 12.0. The van der Waals surface area contributed by atoms with Crippen LogP contribution >= 0.6 is 0 Å². The summed E-state index contributed by atoms with van der Waals surface area (Å²) >= 11 is 0. The molecule has 0 aromatic heterocycles. The molecule has 0 amide bonds. The molecular weight excluding hydrogens is 212 g/mol. The van der Waals surface area contributed by atoms with E-state index in [0.29, 0.717) is 0 Å². The van der Waals surface area contributed by atoms with Gasteiger partial charge in [0, 0.05) is 0 Å². The minimum Gasteiger partial charge on any atom is -0.387 e. The van der Waals surface area contributed by atoms with Crippen molar-refractivity contribution >= 4 is 0 Å². The summed E-state index contributed by atoms with van der Waals surface area (Å²) in [6, 6.07) is 0. The highest BCUT2D eigenvalue weighted by atomic mass is 16.5. The van der Waals surface area contributed by atoms with Crippen LogP contribution in [0.4, 0.5) is 0 Å². The highest BCUT2D eigenvalue weighted by Crippen LogP contribution is 2.29. The van der Waals surface area contributed by atoms with Crippen molar-refractivity contribution in [3.8, 4) is 0 Å². The van der Waals surface area contributed by atoms with Gasteiger partial charge in [-0.15, -0.1) is 0 Å². The normalized spacial score (nSPS) is 24.5. The Morgan fingerprint density at radius 1 is 1.06 bits per heavy atom. The zero-order chi connectivity index (χ0) is 12.7. The molecule has 1 aliphatic rings. The van der Waals surface area contributed by atoms with Crippen LogP contribution in [0.3, 0.4) is 0 Å².